The van der Waals surface area contributed by atoms with Gasteiger partial charge in [0.05, 0.1) is 6.20 Å². The van der Waals surface area contributed by atoms with E-state index in [0.717, 1.165) is 6.20 Å². The Kier molecular flexibility index (Phi) is 2.33. The van der Waals surface area contributed by atoms with Gasteiger partial charge in [0.15, 0.2) is 12.1 Å². The summed E-state index contributed by atoms with van der Waals surface area (Å²) in [5.41, 5.74) is -0.523. The first-order valence-corrected chi connectivity index (χ1v) is 3.03. The van der Waals surface area contributed by atoms with E-state index in [1.165, 1.54) is 0 Å². The molecule has 0 saturated carbocycles. The van der Waals surface area contributed by atoms with Gasteiger partial charge < -0.3 is 10.2 Å². The third-order valence-electron chi connectivity index (χ3n) is 0.986. The van der Waals surface area contributed by atoms with Crippen LogP contribution in [0, 0.1) is 5.82 Å². The molecule has 1 aromatic rings. The van der Waals surface area contributed by atoms with Crippen LogP contribution in [0.5, 0.6) is 0 Å². The highest BCUT2D eigenvalue weighted by molar-refractivity contribution is 6.28. The summed E-state index contributed by atoms with van der Waals surface area (Å²) in [6.07, 6.45) is -1.19. The van der Waals surface area contributed by atoms with E-state index in [2.05, 4.69) is 9.97 Å². The fraction of sp³-hybridized carbons (Fsp3) is 0.200. The van der Waals surface area contributed by atoms with Gasteiger partial charge in [-0.25, -0.2) is 14.4 Å². The summed E-state index contributed by atoms with van der Waals surface area (Å²) in [6.45, 7) is 0. The van der Waals surface area contributed by atoms with Crippen molar-refractivity contribution < 1.29 is 14.6 Å². The first kappa shape index (κ1) is 8.32. The number of aromatic nitrogens is 2. The van der Waals surface area contributed by atoms with E-state index in [0.29, 0.717) is 0 Å². The lowest BCUT2D eigenvalue weighted by Crippen LogP contribution is -2.03. The van der Waals surface area contributed by atoms with Gasteiger partial charge in [-0.2, -0.15) is 0 Å². The van der Waals surface area contributed by atoms with Crippen molar-refractivity contribution in [3.05, 3.63) is 23.0 Å². The number of aliphatic hydroxyl groups excluding tert-OH is 1. The summed E-state index contributed by atoms with van der Waals surface area (Å²) < 4.78 is 12.5. The molecule has 11 heavy (non-hydrogen) atoms. The van der Waals surface area contributed by atoms with Gasteiger partial charge in [-0.3, -0.25) is 0 Å². The summed E-state index contributed by atoms with van der Waals surface area (Å²) >= 11 is 5.25. The van der Waals surface area contributed by atoms with Crippen molar-refractivity contribution in [1.29, 1.82) is 0 Å². The van der Waals surface area contributed by atoms with Gasteiger partial charge in [-0.15, -0.1) is 0 Å². The number of nitrogens with zero attached hydrogens (tertiary/aromatic N) is 2. The SMILES string of the molecule is OC(O)c1nc(Cl)ncc1F. The second-order valence-corrected chi connectivity index (χ2v) is 2.08. The normalized spacial score (nSPS) is 10.6. The maximum absolute atomic E-state index is 12.5. The first-order valence-electron chi connectivity index (χ1n) is 2.65. The van der Waals surface area contributed by atoms with E-state index in [1.54, 1.807) is 0 Å². The second-order valence-electron chi connectivity index (χ2n) is 1.75. The van der Waals surface area contributed by atoms with E-state index < -0.39 is 17.8 Å². The lowest BCUT2D eigenvalue weighted by molar-refractivity contribution is -0.0486. The molecule has 6 heteroatoms. The van der Waals surface area contributed by atoms with E-state index >= 15 is 0 Å². The summed E-state index contributed by atoms with van der Waals surface area (Å²) in [5, 5.41) is 16.8. The van der Waals surface area contributed by atoms with Crippen LogP contribution in [0.2, 0.25) is 5.28 Å². The summed E-state index contributed by atoms with van der Waals surface area (Å²) in [5.74, 6) is -0.899. The Labute approximate surface area is 66.3 Å². The topological polar surface area (TPSA) is 66.2 Å². The molecule has 0 unspecified atom stereocenters. The molecule has 0 aliphatic rings. The van der Waals surface area contributed by atoms with Crippen molar-refractivity contribution in [1.82, 2.24) is 9.97 Å². The summed E-state index contributed by atoms with van der Waals surface area (Å²) in [7, 11) is 0. The van der Waals surface area contributed by atoms with Crippen LogP contribution >= 0.6 is 11.6 Å². The van der Waals surface area contributed by atoms with Gasteiger partial charge in [0.2, 0.25) is 5.28 Å². The number of halogens is 2. The molecule has 0 fully saturated rings. The predicted molar refractivity (Wildman–Crippen MR) is 34.2 cm³/mol. The van der Waals surface area contributed by atoms with E-state index in [-0.39, 0.29) is 5.28 Å². The van der Waals surface area contributed by atoms with Crippen molar-refractivity contribution in [2.45, 2.75) is 6.29 Å². The number of hydrogen-bond acceptors (Lipinski definition) is 4. The Balaban J connectivity index is 3.13. The van der Waals surface area contributed by atoms with Crippen LogP contribution in [0.25, 0.3) is 0 Å². The van der Waals surface area contributed by atoms with Crippen molar-refractivity contribution >= 4 is 11.6 Å². The fourth-order valence-corrected chi connectivity index (χ4v) is 0.679. The van der Waals surface area contributed by atoms with Gasteiger partial charge in [-0.1, -0.05) is 0 Å². The molecule has 60 valence electrons. The zero-order chi connectivity index (χ0) is 8.43. The molecule has 0 aliphatic carbocycles. The molecule has 1 rings (SSSR count). The molecule has 0 radical (unpaired) electrons. The quantitative estimate of drug-likeness (QED) is 0.478. The fourth-order valence-electron chi connectivity index (χ4n) is 0.539. The van der Waals surface area contributed by atoms with Crippen molar-refractivity contribution in [2.24, 2.45) is 0 Å². The molecule has 0 saturated heterocycles. The highest BCUT2D eigenvalue weighted by Gasteiger charge is 2.11. The molecule has 0 aromatic carbocycles. The molecule has 1 heterocycles. The Morgan fingerprint density at radius 1 is 1.55 bits per heavy atom. The minimum atomic E-state index is -1.96. The minimum Gasteiger partial charge on any atom is -0.363 e. The predicted octanol–water partition coefficient (Wildman–Crippen LogP) is 0.252. The van der Waals surface area contributed by atoms with Crippen LogP contribution in [0.15, 0.2) is 6.20 Å². The largest absolute Gasteiger partial charge is 0.363 e. The number of rotatable bonds is 1. The summed E-state index contributed by atoms with van der Waals surface area (Å²) in [4.78, 5) is 6.53. The van der Waals surface area contributed by atoms with Crippen LogP contribution < -0.4 is 0 Å². The van der Waals surface area contributed by atoms with Gasteiger partial charge in [0.1, 0.15) is 5.69 Å². The van der Waals surface area contributed by atoms with Crippen molar-refractivity contribution in [3.8, 4) is 0 Å². The van der Waals surface area contributed by atoms with Crippen LogP contribution in [0.1, 0.15) is 12.0 Å². The average molecular weight is 179 g/mol. The first-order chi connectivity index (χ1) is 5.11. The van der Waals surface area contributed by atoms with Gasteiger partial charge in [-0.05, 0) is 11.6 Å². The zero-order valence-electron chi connectivity index (χ0n) is 5.20. The molecule has 1 aromatic heterocycles. The third-order valence-corrected chi connectivity index (χ3v) is 1.17. The minimum absolute atomic E-state index is 0.227. The number of hydrogen-bond donors (Lipinski definition) is 2. The zero-order valence-corrected chi connectivity index (χ0v) is 5.96. The number of aliphatic hydroxyl groups is 2. The molecule has 0 aliphatic heterocycles. The summed E-state index contributed by atoms with van der Waals surface area (Å²) in [6, 6.07) is 0. The lowest BCUT2D eigenvalue weighted by Gasteiger charge is -2.02. The van der Waals surface area contributed by atoms with Gasteiger partial charge >= 0.3 is 0 Å². The smallest absolute Gasteiger partial charge is 0.222 e. The monoisotopic (exact) mass is 178 g/mol. The van der Waals surface area contributed by atoms with Gasteiger partial charge in [0, 0.05) is 0 Å². The van der Waals surface area contributed by atoms with E-state index in [4.69, 9.17) is 21.8 Å². The van der Waals surface area contributed by atoms with Crippen LogP contribution in [-0.2, 0) is 0 Å². The molecule has 0 atom stereocenters. The van der Waals surface area contributed by atoms with E-state index in [9.17, 15) is 4.39 Å². The lowest BCUT2D eigenvalue weighted by atomic mass is 10.4. The molecule has 0 bridgehead atoms. The van der Waals surface area contributed by atoms with E-state index in [1.807, 2.05) is 0 Å². The Morgan fingerprint density at radius 3 is 2.64 bits per heavy atom. The maximum atomic E-state index is 12.5. The molecular weight excluding hydrogens is 175 g/mol. The Bertz CT molecular complexity index is 269. The highest BCUT2D eigenvalue weighted by Crippen LogP contribution is 2.12. The standard InChI is InChI=1S/C5H4ClFN2O2/c6-5-8-1-2(7)3(9-5)4(10)11/h1,4,10-11H. The molecule has 0 amide bonds. The van der Waals surface area contributed by atoms with Crippen LogP contribution in [0.4, 0.5) is 4.39 Å². The highest BCUT2D eigenvalue weighted by atomic mass is 35.5. The van der Waals surface area contributed by atoms with Gasteiger partial charge in [0.25, 0.3) is 0 Å². The van der Waals surface area contributed by atoms with Crippen LogP contribution in [-0.4, -0.2) is 20.2 Å². The average Bonchev–Trinajstić information content (AvgIpc) is 1.94. The molecule has 2 N–H and O–H groups in total. The maximum Gasteiger partial charge on any atom is 0.222 e. The molecular formula is C5H4ClFN2O2. The Morgan fingerprint density at radius 2 is 2.18 bits per heavy atom. The second kappa shape index (κ2) is 3.08. The third kappa shape index (κ3) is 1.83. The molecule has 4 nitrogen and oxygen atoms in total. The van der Waals surface area contributed by atoms with Crippen molar-refractivity contribution in [2.75, 3.05) is 0 Å². The van der Waals surface area contributed by atoms with Crippen molar-refractivity contribution in [3.63, 3.8) is 0 Å². The Hall–Kier alpha value is -0.780. The molecule has 0 spiro atoms. The van der Waals surface area contributed by atoms with Crippen LogP contribution in [0.3, 0.4) is 0 Å².